The number of nitrogens with one attached hydrogen (secondary N) is 1. The van der Waals surface area contributed by atoms with Crippen LogP contribution in [0, 0.1) is 16.0 Å². The zero-order chi connectivity index (χ0) is 14.6. The standard InChI is InChI=1S/C11H14BrN3O4/c1-6(2)8(3-10(16)17)14-11-7(12)4-13-5-9(11)15(18)19/h4-6,8H,3H2,1-2H3,(H,13,14)(H,16,17). The van der Waals surface area contributed by atoms with Gasteiger partial charge in [0.1, 0.15) is 11.9 Å². The maximum atomic E-state index is 10.9. The number of carboxylic acids is 1. The molecule has 0 saturated heterocycles. The Morgan fingerprint density at radius 1 is 1.58 bits per heavy atom. The molecule has 1 aromatic rings. The highest BCUT2D eigenvalue weighted by molar-refractivity contribution is 9.10. The number of carboxylic acid groups (broad SMARTS) is 1. The summed E-state index contributed by atoms with van der Waals surface area (Å²) in [5.74, 6) is -0.949. The van der Waals surface area contributed by atoms with Crippen molar-refractivity contribution in [3.63, 3.8) is 0 Å². The third-order valence-electron chi connectivity index (χ3n) is 2.61. The molecule has 1 heterocycles. The third-order valence-corrected chi connectivity index (χ3v) is 3.21. The van der Waals surface area contributed by atoms with Gasteiger partial charge in [0.25, 0.3) is 0 Å². The molecule has 1 rings (SSSR count). The number of aromatic nitrogens is 1. The fraction of sp³-hybridized carbons (Fsp3) is 0.455. The van der Waals surface area contributed by atoms with Crippen molar-refractivity contribution in [1.29, 1.82) is 0 Å². The van der Waals surface area contributed by atoms with Gasteiger partial charge in [0, 0.05) is 12.2 Å². The van der Waals surface area contributed by atoms with E-state index >= 15 is 0 Å². The largest absolute Gasteiger partial charge is 0.481 e. The lowest BCUT2D eigenvalue weighted by atomic mass is 10.0. The number of hydrogen-bond acceptors (Lipinski definition) is 5. The van der Waals surface area contributed by atoms with Crippen molar-refractivity contribution in [3.05, 3.63) is 27.0 Å². The van der Waals surface area contributed by atoms with Gasteiger partial charge in [-0.15, -0.1) is 0 Å². The molecule has 8 heteroatoms. The van der Waals surface area contributed by atoms with E-state index < -0.39 is 16.9 Å². The minimum atomic E-state index is -0.959. The molecule has 0 saturated carbocycles. The van der Waals surface area contributed by atoms with E-state index in [1.807, 2.05) is 13.8 Å². The lowest BCUT2D eigenvalue weighted by Gasteiger charge is -2.22. The van der Waals surface area contributed by atoms with E-state index in [0.29, 0.717) is 4.47 Å². The SMILES string of the molecule is CC(C)C(CC(=O)O)Nc1c(Br)cncc1[N+](=O)[O-]. The van der Waals surface area contributed by atoms with Gasteiger partial charge < -0.3 is 10.4 Å². The molecule has 0 aromatic carbocycles. The molecule has 1 unspecified atom stereocenters. The van der Waals surface area contributed by atoms with Gasteiger partial charge in [-0.2, -0.15) is 0 Å². The predicted molar refractivity (Wildman–Crippen MR) is 73.1 cm³/mol. The number of rotatable bonds is 6. The Bertz CT molecular complexity index is 493. The highest BCUT2D eigenvalue weighted by Crippen LogP contribution is 2.32. The molecular formula is C11H14BrN3O4. The molecule has 0 fully saturated rings. The zero-order valence-corrected chi connectivity index (χ0v) is 12.0. The molecule has 1 atom stereocenters. The lowest BCUT2D eigenvalue weighted by molar-refractivity contribution is -0.384. The minimum Gasteiger partial charge on any atom is -0.481 e. The number of aliphatic carboxylic acids is 1. The van der Waals surface area contributed by atoms with Crippen LogP contribution < -0.4 is 5.32 Å². The van der Waals surface area contributed by atoms with Crippen molar-refractivity contribution in [3.8, 4) is 0 Å². The molecule has 104 valence electrons. The molecule has 0 bridgehead atoms. The van der Waals surface area contributed by atoms with Gasteiger partial charge in [-0.25, -0.2) is 0 Å². The van der Waals surface area contributed by atoms with Crippen LogP contribution in [0.2, 0.25) is 0 Å². The van der Waals surface area contributed by atoms with Crippen LogP contribution in [-0.2, 0) is 4.79 Å². The van der Waals surface area contributed by atoms with Crippen molar-refractivity contribution in [2.45, 2.75) is 26.3 Å². The average Bonchev–Trinajstić information content (AvgIpc) is 2.29. The summed E-state index contributed by atoms with van der Waals surface area (Å²) in [6.07, 6.45) is 2.43. The fourth-order valence-electron chi connectivity index (χ4n) is 1.53. The van der Waals surface area contributed by atoms with Crippen LogP contribution in [-0.4, -0.2) is 27.0 Å². The zero-order valence-electron chi connectivity index (χ0n) is 10.5. The Morgan fingerprint density at radius 2 is 2.21 bits per heavy atom. The monoisotopic (exact) mass is 331 g/mol. The summed E-state index contributed by atoms with van der Waals surface area (Å²) in [5, 5.41) is 22.7. The first-order chi connectivity index (χ1) is 8.82. The first-order valence-corrected chi connectivity index (χ1v) is 6.38. The number of pyridine rings is 1. The van der Waals surface area contributed by atoms with Crippen LogP contribution in [0.25, 0.3) is 0 Å². The highest BCUT2D eigenvalue weighted by atomic mass is 79.9. The summed E-state index contributed by atoms with van der Waals surface area (Å²) in [6, 6.07) is -0.408. The Balaban J connectivity index is 3.08. The first-order valence-electron chi connectivity index (χ1n) is 5.59. The molecule has 0 radical (unpaired) electrons. The van der Waals surface area contributed by atoms with Crippen molar-refractivity contribution < 1.29 is 14.8 Å². The van der Waals surface area contributed by atoms with Crippen LogP contribution in [0.3, 0.4) is 0 Å². The van der Waals surface area contributed by atoms with Crippen molar-refractivity contribution in [2.75, 3.05) is 5.32 Å². The maximum absolute atomic E-state index is 10.9. The Labute approximate surface area is 118 Å². The van der Waals surface area contributed by atoms with Crippen LogP contribution in [0.4, 0.5) is 11.4 Å². The van der Waals surface area contributed by atoms with Crippen LogP contribution in [0.5, 0.6) is 0 Å². The molecule has 0 spiro atoms. The van der Waals surface area contributed by atoms with E-state index in [1.54, 1.807) is 0 Å². The van der Waals surface area contributed by atoms with E-state index in [1.165, 1.54) is 6.20 Å². The van der Waals surface area contributed by atoms with E-state index in [4.69, 9.17) is 5.11 Å². The Morgan fingerprint density at radius 3 is 2.68 bits per heavy atom. The number of nitrogens with zero attached hydrogens (tertiary/aromatic N) is 2. The van der Waals surface area contributed by atoms with E-state index in [2.05, 4.69) is 26.2 Å². The predicted octanol–water partition coefficient (Wildman–Crippen LogP) is 2.66. The van der Waals surface area contributed by atoms with Crippen molar-refractivity contribution in [2.24, 2.45) is 5.92 Å². The highest BCUT2D eigenvalue weighted by Gasteiger charge is 2.23. The van der Waals surface area contributed by atoms with Gasteiger partial charge >= 0.3 is 11.7 Å². The molecule has 2 N–H and O–H groups in total. The van der Waals surface area contributed by atoms with Gasteiger partial charge in [0.15, 0.2) is 0 Å². The molecule has 0 aliphatic rings. The molecule has 0 aliphatic heterocycles. The van der Waals surface area contributed by atoms with E-state index in [9.17, 15) is 14.9 Å². The summed E-state index contributed by atoms with van der Waals surface area (Å²) >= 11 is 3.18. The second kappa shape index (κ2) is 6.46. The summed E-state index contributed by atoms with van der Waals surface area (Å²) in [4.78, 5) is 24.9. The van der Waals surface area contributed by atoms with Gasteiger partial charge in [-0.05, 0) is 21.8 Å². The second-order valence-electron chi connectivity index (χ2n) is 4.37. The van der Waals surface area contributed by atoms with E-state index in [-0.39, 0.29) is 23.7 Å². The van der Waals surface area contributed by atoms with Gasteiger partial charge in [0.2, 0.25) is 0 Å². The topological polar surface area (TPSA) is 105 Å². The molecular weight excluding hydrogens is 318 g/mol. The minimum absolute atomic E-state index is 0.00997. The van der Waals surface area contributed by atoms with Crippen LogP contribution >= 0.6 is 15.9 Å². The Hall–Kier alpha value is -1.70. The number of carbonyl (C=O) groups is 1. The molecule has 19 heavy (non-hydrogen) atoms. The Kier molecular flexibility index (Phi) is 5.22. The first kappa shape index (κ1) is 15.4. The number of nitro groups is 1. The molecule has 7 nitrogen and oxygen atoms in total. The van der Waals surface area contributed by atoms with E-state index in [0.717, 1.165) is 6.20 Å². The van der Waals surface area contributed by atoms with Crippen molar-refractivity contribution >= 4 is 33.3 Å². The number of hydrogen-bond donors (Lipinski definition) is 2. The second-order valence-corrected chi connectivity index (χ2v) is 5.22. The molecule has 1 aromatic heterocycles. The third kappa shape index (κ3) is 4.16. The molecule has 0 aliphatic carbocycles. The van der Waals surface area contributed by atoms with Crippen molar-refractivity contribution in [1.82, 2.24) is 4.98 Å². The summed E-state index contributed by atoms with van der Waals surface area (Å²) in [6.45, 7) is 3.70. The summed E-state index contributed by atoms with van der Waals surface area (Å²) < 4.78 is 0.428. The number of anilines is 1. The maximum Gasteiger partial charge on any atom is 0.311 e. The van der Waals surface area contributed by atoms with Gasteiger partial charge in [-0.3, -0.25) is 19.9 Å². The number of halogens is 1. The fourth-order valence-corrected chi connectivity index (χ4v) is 1.97. The quantitative estimate of drug-likeness (QED) is 0.613. The molecule has 0 amide bonds. The van der Waals surface area contributed by atoms with Crippen LogP contribution in [0.1, 0.15) is 20.3 Å². The van der Waals surface area contributed by atoms with Gasteiger partial charge in [0.05, 0.1) is 15.8 Å². The normalized spacial score (nSPS) is 12.2. The summed E-state index contributed by atoms with van der Waals surface area (Å²) in [5.41, 5.74) is 0.0605. The average molecular weight is 332 g/mol. The smallest absolute Gasteiger partial charge is 0.311 e. The lowest BCUT2D eigenvalue weighted by Crippen LogP contribution is -2.29. The van der Waals surface area contributed by atoms with Crippen LogP contribution in [0.15, 0.2) is 16.9 Å². The summed E-state index contributed by atoms with van der Waals surface area (Å²) in [7, 11) is 0. The van der Waals surface area contributed by atoms with Gasteiger partial charge in [-0.1, -0.05) is 13.8 Å².